The minimum absolute atomic E-state index is 0.0462. The molecule has 1 aromatic rings. The number of carbonyl (C=O) groups excluding carboxylic acids is 1. The molecular formula is C17H20N2O2. The number of nitrogens with zero attached hydrogens (tertiary/aromatic N) is 2. The number of carbonyl (C=O) groups is 1. The van der Waals surface area contributed by atoms with Crippen molar-refractivity contribution in [2.45, 2.75) is 12.8 Å². The summed E-state index contributed by atoms with van der Waals surface area (Å²) in [5, 5.41) is 8.77. The number of hydrogen-bond donors (Lipinski definition) is 0. The van der Waals surface area contributed by atoms with Crippen LogP contribution in [-0.4, -0.2) is 37.1 Å². The first kappa shape index (κ1) is 15.3. The Hall–Kier alpha value is -2.12. The van der Waals surface area contributed by atoms with Crippen molar-refractivity contribution in [2.75, 3.05) is 26.3 Å². The summed E-state index contributed by atoms with van der Waals surface area (Å²) in [6.45, 7) is 6.48. The van der Waals surface area contributed by atoms with E-state index in [9.17, 15) is 4.79 Å². The van der Waals surface area contributed by atoms with Crippen molar-refractivity contribution in [3.63, 3.8) is 0 Å². The van der Waals surface area contributed by atoms with Gasteiger partial charge >= 0.3 is 0 Å². The fourth-order valence-electron chi connectivity index (χ4n) is 2.49. The quantitative estimate of drug-likeness (QED) is 0.617. The number of hydrogen-bond acceptors (Lipinski definition) is 3. The summed E-state index contributed by atoms with van der Waals surface area (Å²) in [6, 6.07) is 8.87. The molecule has 110 valence electrons. The molecular weight excluding hydrogens is 264 g/mol. The van der Waals surface area contributed by atoms with E-state index in [1.165, 1.54) is 0 Å². The molecule has 1 saturated heterocycles. The highest BCUT2D eigenvalue weighted by molar-refractivity contribution is 5.94. The second-order valence-corrected chi connectivity index (χ2v) is 5.25. The Bertz CT molecular complexity index is 523. The number of amides is 1. The fourth-order valence-corrected chi connectivity index (χ4v) is 2.49. The largest absolute Gasteiger partial charge is 0.377 e. The normalized spacial score (nSPS) is 15.5. The molecule has 2 rings (SSSR count). The average Bonchev–Trinajstić information content (AvgIpc) is 2.55. The van der Waals surface area contributed by atoms with Gasteiger partial charge in [0, 0.05) is 25.3 Å². The summed E-state index contributed by atoms with van der Waals surface area (Å²) in [7, 11) is 0. The molecule has 1 aromatic carbocycles. The maximum atomic E-state index is 12.4. The minimum Gasteiger partial charge on any atom is -0.377 e. The van der Waals surface area contributed by atoms with Crippen molar-refractivity contribution in [3.8, 4) is 6.07 Å². The molecule has 0 aliphatic carbocycles. The van der Waals surface area contributed by atoms with Gasteiger partial charge in [0.15, 0.2) is 0 Å². The molecule has 0 radical (unpaired) electrons. The molecule has 1 fully saturated rings. The van der Waals surface area contributed by atoms with Crippen LogP contribution in [0.1, 0.15) is 28.8 Å². The number of piperidine rings is 1. The Labute approximate surface area is 125 Å². The van der Waals surface area contributed by atoms with E-state index in [0.29, 0.717) is 23.7 Å². The fraction of sp³-hybridized carbons (Fsp3) is 0.412. The maximum absolute atomic E-state index is 12.4. The highest BCUT2D eigenvalue weighted by atomic mass is 16.5. The first-order valence-electron chi connectivity index (χ1n) is 7.22. The molecule has 0 saturated carbocycles. The van der Waals surface area contributed by atoms with Crippen LogP contribution in [0.15, 0.2) is 36.9 Å². The smallest absolute Gasteiger partial charge is 0.253 e. The lowest BCUT2D eigenvalue weighted by Crippen LogP contribution is -2.39. The van der Waals surface area contributed by atoms with Crippen LogP contribution in [0.25, 0.3) is 0 Å². The van der Waals surface area contributed by atoms with Gasteiger partial charge in [-0.25, -0.2) is 0 Å². The second kappa shape index (κ2) is 7.61. The highest BCUT2D eigenvalue weighted by Gasteiger charge is 2.23. The number of ether oxygens (including phenoxy) is 1. The zero-order chi connectivity index (χ0) is 15.1. The number of nitriles is 1. The summed E-state index contributed by atoms with van der Waals surface area (Å²) in [5.41, 5.74) is 1.22. The lowest BCUT2D eigenvalue weighted by Gasteiger charge is -2.31. The third-order valence-electron chi connectivity index (χ3n) is 3.75. The predicted octanol–water partition coefficient (Wildman–Crippen LogP) is 2.61. The number of rotatable bonds is 5. The van der Waals surface area contributed by atoms with Gasteiger partial charge in [-0.3, -0.25) is 4.79 Å². The van der Waals surface area contributed by atoms with Crippen LogP contribution in [0.5, 0.6) is 0 Å². The SMILES string of the molecule is C=CCOCC1CCN(C(=O)c2ccc(C#N)cc2)CC1. The van der Waals surface area contributed by atoms with Gasteiger partial charge in [0.05, 0.1) is 18.2 Å². The second-order valence-electron chi connectivity index (χ2n) is 5.25. The third kappa shape index (κ3) is 4.17. The van der Waals surface area contributed by atoms with Crippen LogP contribution in [0.3, 0.4) is 0 Å². The van der Waals surface area contributed by atoms with E-state index in [-0.39, 0.29) is 5.91 Å². The van der Waals surface area contributed by atoms with Crippen LogP contribution < -0.4 is 0 Å². The third-order valence-corrected chi connectivity index (χ3v) is 3.75. The lowest BCUT2D eigenvalue weighted by atomic mass is 9.97. The summed E-state index contributed by atoms with van der Waals surface area (Å²) < 4.78 is 5.48. The van der Waals surface area contributed by atoms with Crippen molar-refractivity contribution in [3.05, 3.63) is 48.0 Å². The summed E-state index contributed by atoms with van der Waals surface area (Å²) in [4.78, 5) is 14.2. The topological polar surface area (TPSA) is 53.3 Å². The van der Waals surface area contributed by atoms with Crippen molar-refractivity contribution >= 4 is 5.91 Å². The standard InChI is InChI=1S/C17H20N2O2/c1-2-11-21-13-15-7-9-19(10-8-15)17(20)16-5-3-14(12-18)4-6-16/h2-6,15H,1,7-11,13H2. The first-order valence-corrected chi connectivity index (χ1v) is 7.22. The van der Waals surface area contributed by atoms with Crippen molar-refractivity contribution in [2.24, 2.45) is 5.92 Å². The molecule has 0 bridgehead atoms. The Morgan fingerprint density at radius 1 is 1.38 bits per heavy atom. The predicted molar refractivity (Wildman–Crippen MR) is 80.8 cm³/mol. The molecule has 0 aromatic heterocycles. The summed E-state index contributed by atoms with van der Waals surface area (Å²) in [5.74, 6) is 0.569. The van der Waals surface area contributed by atoms with Gasteiger partial charge in [0.1, 0.15) is 0 Å². The van der Waals surface area contributed by atoms with Gasteiger partial charge in [-0.1, -0.05) is 6.08 Å². The number of likely N-dealkylation sites (tertiary alicyclic amines) is 1. The van der Waals surface area contributed by atoms with E-state index in [0.717, 1.165) is 32.5 Å². The van der Waals surface area contributed by atoms with E-state index in [4.69, 9.17) is 10.00 Å². The van der Waals surface area contributed by atoms with Crippen molar-refractivity contribution in [1.29, 1.82) is 5.26 Å². The van der Waals surface area contributed by atoms with E-state index < -0.39 is 0 Å². The highest BCUT2D eigenvalue weighted by Crippen LogP contribution is 2.19. The molecule has 1 aliphatic heterocycles. The van der Waals surface area contributed by atoms with Gasteiger partial charge < -0.3 is 9.64 Å². The van der Waals surface area contributed by atoms with Gasteiger partial charge in [-0.2, -0.15) is 5.26 Å². The molecule has 4 heteroatoms. The zero-order valence-electron chi connectivity index (χ0n) is 12.1. The Morgan fingerprint density at radius 3 is 2.62 bits per heavy atom. The maximum Gasteiger partial charge on any atom is 0.253 e. The zero-order valence-corrected chi connectivity index (χ0v) is 12.1. The summed E-state index contributed by atoms with van der Waals surface area (Å²) in [6.07, 6.45) is 3.70. The molecule has 0 N–H and O–H groups in total. The van der Waals surface area contributed by atoms with Crippen molar-refractivity contribution < 1.29 is 9.53 Å². The molecule has 0 atom stereocenters. The molecule has 1 heterocycles. The number of benzene rings is 1. The molecule has 0 spiro atoms. The molecule has 0 unspecified atom stereocenters. The Morgan fingerprint density at radius 2 is 2.05 bits per heavy atom. The van der Waals surface area contributed by atoms with E-state index in [1.807, 2.05) is 4.90 Å². The minimum atomic E-state index is 0.0462. The van der Waals surface area contributed by atoms with Gasteiger partial charge in [-0.05, 0) is 43.0 Å². The molecule has 1 amide bonds. The lowest BCUT2D eigenvalue weighted by molar-refractivity contribution is 0.0575. The van der Waals surface area contributed by atoms with Crippen LogP contribution in [0, 0.1) is 17.2 Å². The Balaban J connectivity index is 1.85. The molecule has 4 nitrogen and oxygen atoms in total. The average molecular weight is 284 g/mol. The van der Waals surface area contributed by atoms with E-state index >= 15 is 0 Å². The molecule has 21 heavy (non-hydrogen) atoms. The van der Waals surface area contributed by atoms with Crippen LogP contribution in [0.2, 0.25) is 0 Å². The van der Waals surface area contributed by atoms with E-state index in [1.54, 1.807) is 30.3 Å². The van der Waals surface area contributed by atoms with Crippen LogP contribution >= 0.6 is 0 Å². The monoisotopic (exact) mass is 284 g/mol. The van der Waals surface area contributed by atoms with E-state index in [2.05, 4.69) is 12.6 Å². The van der Waals surface area contributed by atoms with Gasteiger partial charge in [0.25, 0.3) is 5.91 Å². The molecule has 1 aliphatic rings. The first-order chi connectivity index (χ1) is 10.2. The van der Waals surface area contributed by atoms with Gasteiger partial charge in [0.2, 0.25) is 0 Å². The van der Waals surface area contributed by atoms with Crippen molar-refractivity contribution in [1.82, 2.24) is 4.90 Å². The van der Waals surface area contributed by atoms with Gasteiger partial charge in [-0.15, -0.1) is 6.58 Å². The van der Waals surface area contributed by atoms with Crippen LogP contribution in [-0.2, 0) is 4.74 Å². The Kier molecular flexibility index (Phi) is 5.53. The van der Waals surface area contributed by atoms with Crippen LogP contribution in [0.4, 0.5) is 0 Å². The summed E-state index contributed by atoms with van der Waals surface area (Å²) >= 11 is 0.